The third kappa shape index (κ3) is 2.17. The van der Waals surface area contributed by atoms with Crippen molar-refractivity contribution in [1.82, 2.24) is 0 Å². The van der Waals surface area contributed by atoms with Gasteiger partial charge in [0.05, 0.1) is 18.3 Å². The van der Waals surface area contributed by atoms with Gasteiger partial charge in [0, 0.05) is 0 Å². The molecule has 1 rings (SSSR count). The van der Waals surface area contributed by atoms with Gasteiger partial charge >= 0.3 is 0 Å². The Morgan fingerprint density at radius 1 is 1.36 bits per heavy atom. The first-order chi connectivity index (χ1) is 5.11. The first-order valence-electron chi connectivity index (χ1n) is 4.44. The van der Waals surface area contributed by atoms with E-state index in [1.807, 2.05) is 6.92 Å². The van der Waals surface area contributed by atoms with Crippen molar-refractivity contribution >= 4 is 0 Å². The van der Waals surface area contributed by atoms with Crippen molar-refractivity contribution in [2.24, 2.45) is 5.92 Å². The third-order valence-corrected chi connectivity index (χ3v) is 2.42. The molecule has 0 aromatic rings. The number of hydrogen-bond donors (Lipinski definition) is 1. The quantitative estimate of drug-likeness (QED) is 0.627. The maximum absolute atomic E-state index is 9.35. The second-order valence-electron chi connectivity index (χ2n) is 3.77. The zero-order valence-corrected chi connectivity index (χ0v) is 7.58. The van der Waals surface area contributed by atoms with E-state index in [0.29, 0.717) is 12.0 Å². The summed E-state index contributed by atoms with van der Waals surface area (Å²) in [5.41, 5.74) is 0. The second-order valence-corrected chi connectivity index (χ2v) is 3.77. The highest BCUT2D eigenvalue weighted by Crippen LogP contribution is 2.23. The lowest BCUT2D eigenvalue weighted by molar-refractivity contribution is -0.122. The van der Waals surface area contributed by atoms with Crippen molar-refractivity contribution in [2.75, 3.05) is 0 Å². The molecule has 0 aromatic heterocycles. The fourth-order valence-corrected chi connectivity index (χ4v) is 1.49. The standard InChI is InChI=1S/C9H18O2/c1-6(2)9-5-4-8(10)7(3)11-9/h6-10H,4-5H2,1-3H3. The Labute approximate surface area is 68.6 Å². The van der Waals surface area contributed by atoms with E-state index in [0.717, 1.165) is 12.8 Å². The molecule has 1 saturated heterocycles. The van der Waals surface area contributed by atoms with Crippen LogP contribution in [0.1, 0.15) is 33.6 Å². The van der Waals surface area contributed by atoms with Gasteiger partial charge in [-0.3, -0.25) is 0 Å². The van der Waals surface area contributed by atoms with Gasteiger partial charge in [-0.15, -0.1) is 0 Å². The predicted octanol–water partition coefficient (Wildman–Crippen LogP) is 1.57. The second kappa shape index (κ2) is 3.55. The Hall–Kier alpha value is -0.0800. The molecule has 0 aliphatic carbocycles. The van der Waals surface area contributed by atoms with Crippen LogP contribution in [-0.2, 0) is 4.74 Å². The summed E-state index contributed by atoms with van der Waals surface area (Å²) in [4.78, 5) is 0. The zero-order valence-electron chi connectivity index (χ0n) is 7.58. The molecular weight excluding hydrogens is 140 g/mol. The molecule has 66 valence electrons. The van der Waals surface area contributed by atoms with Crippen molar-refractivity contribution in [1.29, 1.82) is 0 Å². The van der Waals surface area contributed by atoms with Gasteiger partial charge in [-0.2, -0.15) is 0 Å². The van der Waals surface area contributed by atoms with E-state index < -0.39 is 0 Å². The van der Waals surface area contributed by atoms with E-state index in [1.165, 1.54) is 0 Å². The molecule has 3 atom stereocenters. The Kier molecular flexibility index (Phi) is 2.90. The molecular formula is C9H18O2. The van der Waals surface area contributed by atoms with Gasteiger partial charge in [0.1, 0.15) is 0 Å². The van der Waals surface area contributed by atoms with Gasteiger partial charge in [-0.1, -0.05) is 13.8 Å². The lowest BCUT2D eigenvalue weighted by Crippen LogP contribution is -2.38. The van der Waals surface area contributed by atoms with E-state index in [4.69, 9.17) is 4.74 Å². The Morgan fingerprint density at radius 3 is 2.45 bits per heavy atom. The molecule has 0 radical (unpaired) electrons. The van der Waals surface area contributed by atoms with E-state index in [-0.39, 0.29) is 12.2 Å². The van der Waals surface area contributed by atoms with Crippen LogP contribution >= 0.6 is 0 Å². The fraction of sp³-hybridized carbons (Fsp3) is 1.00. The van der Waals surface area contributed by atoms with Crippen molar-refractivity contribution in [3.63, 3.8) is 0 Å². The fourth-order valence-electron chi connectivity index (χ4n) is 1.49. The summed E-state index contributed by atoms with van der Waals surface area (Å²) in [5, 5.41) is 9.35. The molecule has 1 aliphatic rings. The average molecular weight is 158 g/mol. The summed E-state index contributed by atoms with van der Waals surface area (Å²) in [5.74, 6) is 0.574. The minimum absolute atomic E-state index is 0.0242. The van der Waals surface area contributed by atoms with Crippen LogP contribution in [0, 0.1) is 5.92 Å². The van der Waals surface area contributed by atoms with Gasteiger partial charge in [0.2, 0.25) is 0 Å². The largest absolute Gasteiger partial charge is 0.390 e. The van der Waals surface area contributed by atoms with Gasteiger partial charge in [-0.25, -0.2) is 0 Å². The van der Waals surface area contributed by atoms with Crippen LogP contribution < -0.4 is 0 Å². The highest BCUT2D eigenvalue weighted by Gasteiger charge is 2.27. The molecule has 0 amide bonds. The molecule has 0 bridgehead atoms. The Bertz CT molecular complexity index is 123. The molecule has 0 spiro atoms. The smallest absolute Gasteiger partial charge is 0.0809 e. The highest BCUT2D eigenvalue weighted by atomic mass is 16.5. The summed E-state index contributed by atoms with van der Waals surface area (Å²) in [6, 6.07) is 0. The number of rotatable bonds is 1. The number of aliphatic hydroxyl groups is 1. The van der Waals surface area contributed by atoms with E-state index >= 15 is 0 Å². The lowest BCUT2D eigenvalue weighted by Gasteiger charge is -2.33. The van der Waals surface area contributed by atoms with Crippen molar-refractivity contribution in [3.8, 4) is 0 Å². The van der Waals surface area contributed by atoms with E-state index in [1.54, 1.807) is 0 Å². The van der Waals surface area contributed by atoms with Crippen molar-refractivity contribution in [2.45, 2.75) is 51.9 Å². The molecule has 1 aliphatic heterocycles. The maximum atomic E-state index is 9.35. The summed E-state index contributed by atoms with van der Waals surface area (Å²) in [6.07, 6.45) is 2.03. The van der Waals surface area contributed by atoms with E-state index in [2.05, 4.69) is 13.8 Å². The normalized spacial score (nSPS) is 39.5. The van der Waals surface area contributed by atoms with Crippen LogP contribution in [-0.4, -0.2) is 23.4 Å². The van der Waals surface area contributed by atoms with Crippen molar-refractivity contribution < 1.29 is 9.84 Å². The summed E-state index contributed by atoms with van der Waals surface area (Å²) in [7, 11) is 0. The molecule has 0 saturated carbocycles. The molecule has 11 heavy (non-hydrogen) atoms. The molecule has 1 fully saturated rings. The van der Waals surface area contributed by atoms with Crippen LogP contribution in [0.25, 0.3) is 0 Å². The van der Waals surface area contributed by atoms with Crippen LogP contribution in [0.2, 0.25) is 0 Å². The Balaban J connectivity index is 2.40. The number of ether oxygens (including phenoxy) is 1. The van der Waals surface area contributed by atoms with Crippen LogP contribution in [0.5, 0.6) is 0 Å². The molecule has 0 aromatic carbocycles. The molecule has 2 nitrogen and oxygen atoms in total. The van der Waals surface area contributed by atoms with Crippen molar-refractivity contribution in [3.05, 3.63) is 0 Å². The molecule has 1 heterocycles. The summed E-state index contributed by atoms with van der Waals surface area (Å²) in [6.45, 7) is 6.27. The number of aliphatic hydroxyl groups excluding tert-OH is 1. The molecule has 3 unspecified atom stereocenters. The third-order valence-electron chi connectivity index (χ3n) is 2.42. The van der Waals surface area contributed by atoms with Crippen LogP contribution in [0.3, 0.4) is 0 Å². The zero-order chi connectivity index (χ0) is 8.43. The molecule has 1 N–H and O–H groups in total. The first-order valence-corrected chi connectivity index (χ1v) is 4.44. The van der Waals surface area contributed by atoms with Crippen LogP contribution in [0.15, 0.2) is 0 Å². The average Bonchev–Trinajstić information content (AvgIpc) is 1.94. The predicted molar refractivity (Wildman–Crippen MR) is 44.4 cm³/mol. The summed E-state index contributed by atoms with van der Waals surface area (Å²) < 4.78 is 5.61. The highest BCUT2D eigenvalue weighted by molar-refractivity contribution is 4.76. The van der Waals surface area contributed by atoms with E-state index in [9.17, 15) is 5.11 Å². The summed E-state index contributed by atoms with van der Waals surface area (Å²) >= 11 is 0. The topological polar surface area (TPSA) is 29.5 Å². The van der Waals surface area contributed by atoms with Gasteiger partial charge in [-0.05, 0) is 25.7 Å². The maximum Gasteiger partial charge on any atom is 0.0809 e. The SMILES string of the molecule is CC(C)C1CCC(O)C(C)O1. The van der Waals surface area contributed by atoms with Gasteiger partial charge in [0.15, 0.2) is 0 Å². The minimum atomic E-state index is -0.245. The molecule has 2 heteroatoms. The Morgan fingerprint density at radius 2 is 2.00 bits per heavy atom. The van der Waals surface area contributed by atoms with Crippen LogP contribution in [0.4, 0.5) is 0 Å². The minimum Gasteiger partial charge on any atom is -0.390 e. The monoisotopic (exact) mass is 158 g/mol. The van der Waals surface area contributed by atoms with Gasteiger partial charge in [0.25, 0.3) is 0 Å². The number of hydrogen-bond acceptors (Lipinski definition) is 2. The lowest BCUT2D eigenvalue weighted by atomic mass is 9.95. The van der Waals surface area contributed by atoms with Gasteiger partial charge < -0.3 is 9.84 Å². The first kappa shape index (κ1) is 9.01.